The fourth-order valence-corrected chi connectivity index (χ4v) is 11.5. The number of hydrogen-bond donors (Lipinski definition) is 1. The Kier molecular flexibility index (Phi) is 8.20. The van der Waals surface area contributed by atoms with Gasteiger partial charge in [-0.15, -0.1) is 0 Å². The van der Waals surface area contributed by atoms with Crippen molar-refractivity contribution in [2.24, 2.45) is 40.4 Å². The van der Waals surface area contributed by atoms with Gasteiger partial charge in [0.15, 0.2) is 30.2 Å². The molecule has 2 saturated heterocycles. The van der Waals surface area contributed by atoms with Crippen LogP contribution in [0.25, 0.3) is 0 Å². The van der Waals surface area contributed by atoms with Crippen molar-refractivity contribution in [2.75, 3.05) is 6.61 Å². The van der Waals surface area contributed by atoms with Gasteiger partial charge in [0.25, 0.3) is 0 Å². The smallest absolute Gasteiger partial charge is 0.303 e. The van der Waals surface area contributed by atoms with Gasteiger partial charge in [-0.3, -0.25) is 19.2 Å². The minimum absolute atomic E-state index is 0.0373. The van der Waals surface area contributed by atoms with Crippen molar-refractivity contribution in [3.63, 3.8) is 0 Å². The molecule has 0 bridgehead atoms. The number of ether oxygens (including phenoxy) is 6. The van der Waals surface area contributed by atoms with E-state index in [2.05, 4.69) is 20.4 Å². The Morgan fingerprint density at radius 3 is 1.98 bits per heavy atom. The zero-order valence-corrected chi connectivity index (χ0v) is 28.2. The Bertz CT molecular complexity index is 1300. The summed E-state index contributed by atoms with van der Waals surface area (Å²) in [6, 6.07) is 0. The van der Waals surface area contributed by atoms with E-state index in [9.17, 15) is 24.3 Å². The largest absolute Gasteiger partial charge is 0.458 e. The fraction of sp³-hybridized carbons (Fsp3) is 0.829. The van der Waals surface area contributed by atoms with Gasteiger partial charge in [0.2, 0.25) is 0 Å². The lowest BCUT2D eigenvalue weighted by Crippen LogP contribution is -2.79. The summed E-state index contributed by atoms with van der Waals surface area (Å²) >= 11 is 0. The van der Waals surface area contributed by atoms with E-state index in [1.165, 1.54) is 27.7 Å². The number of hydrogen-bond acceptors (Lipinski definition) is 11. The van der Waals surface area contributed by atoms with Gasteiger partial charge < -0.3 is 33.5 Å². The summed E-state index contributed by atoms with van der Waals surface area (Å²) in [5.41, 5.74) is -1.94. The maximum Gasteiger partial charge on any atom is 0.303 e. The molecule has 0 aromatic rings. The molecule has 0 radical (unpaired) electrons. The number of aliphatic hydroxyl groups is 1. The van der Waals surface area contributed by atoms with E-state index in [0.29, 0.717) is 25.4 Å². The van der Waals surface area contributed by atoms with Crippen LogP contribution < -0.4 is 0 Å². The van der Waals surface area contributed by atoms with Crippen LogP contribution in [0.3, 0.4) is 0 Å². The first-order valence-electron chi connectivity index (χ1n) is 16.9. The molecule has 4 aliphatic carbocycles. The van der Waals surface area contributed by atoms with E-state index in [-0.39, 0.29) is 41.6 Å². The lowest BCUT2D eigenvalue weighted by atomic mass is 9.41. The molecule has 14 atom stereocenters. The van der Waals surface area contributed by atoms with Gasteiger partial charge in [-0.05, 0) is 67.6 Å². The molecule has 6 rings (SSSR count). The molecule has 2 heterocycles. The zero-order valence-electron chi connectivity index (χ0n) is 28.2. The highest BCUT2D eigenvalue weighted by atomic mass is 16.7. The molecule has 0 unspecified atom stereocenters. The summed E-state index contributed by atoms with van der Waals surface area (Å²) in [5, 5.41) is 12.9. The molecule has 0 aromatic heterocycles. The Morgan fingerprint density at radius 1 is 0.826 bits per heavy atom. The molecule has 4 saturated carbocycles. The Hall–Kier alpha value is -2.50. The molecule has 2 aliphatic heterocycles. The van der Waals surface area contributed by atoms with Crippen LogP contribution in [0.2, 0.25) is 0 Å². The van der Waals surface area contributed by atoms with Crippen LogP contribution in [-0.2, 0) is 47.6 Å². The van der Waals surface area contributed by atoms with Gasteiger partial charge >= 0.3 is 23.9 Å². The van der Waals surface area contributed by atoms with Crippen molar-refractivity contribution in [3.05, 3.63) is 12.2 Å². The van der Waals surface area contributed by atoms with Crippen LogP contribution in [0, 0.1) is 40.4 Å². The number of rotatable bonds is 4. The molecule has 256 valence electrons. The van der Waals surface area contributed by atoms with E-state index in [0.717, 1.165) is 31.3 Å². The summed E-state index contributed by atoms with van der Waals surface area (Å²) in [6.45, 7) is 16.0. The molecule has 0 amide bonds. The third-order valence-corrected chi connectivity index (χ3v) is 13.2. The maximum absolute atomic E-state index is 12.9. The highest BCUT2D eigenvalue weighted by molar-refractivity contribution is 5.69. The van der Waals surface area contributed by atoms with Crippen LogP contribution in [0.5, 0.6) is 0 Å². The van der Waals surface area contributed by atoms with Gasteiger partial charge in [-0.1, -0.05) is 32.9 Å². The Balaban J connectivity index is 1.40. The van der Waals surface area contributed by atoms with E-state index >= 15 is 0 Å². The van der Waals surface area contributed by atoms with Crippen molar-refractivity contribution in [2.45, 2.75) is 135 Å². The van der Waals surface area contributed by atoms with E-state index in [4.69, 9.17) is 28.4 Å². The zero-order chi connectivity index (χ0) is 33.6. The molecule has 6 fully saturated rings. The highest BCUT2D eigenvalue weighted by Crippen LogP contribution is 2.72. The predicted molar refractivity (Wildman–Crippen MR) is 162 cm³/mol. The van der Waals surface area contributed by atoms with Crippen LogP contribution in [0.15, 0.2) is 12.2 Å². The van der Waals surface area contributed by atoms with Gasteiger partial charge in [-0.25, -0.2) is 0 Å². The number of carbonyl (C=O) groups is 4. The Morgan fingerprint density at radius 2 is 1.41 bits per heavy atom. The summed E-state index contributed by atoms with van der Waals surface area (Å²) in [5.74, 6) is -2.63. The minimum Gasteiger partial charge on any atom is -0.458 e. The summed E-state index contributed by atoms with van der Waals surface area (Å²) < 4.78 is 36.5. The molecular formula is C35H50O11. The lowest BCUT2D eigenvalue weighted by molar-refractivity contribution is -0.330. The average molecular weight is 647 g/mol. The molecule has 1 N–H and O–H groups in total. The molecule has 0 aromatic carbocycles. The fourth-order valence-electron chi connectivity index (χ4n) is 11.5. The summed E-state index contributed by atoms with van der Waals surface area (Å²) in [7, 11) is 0. The van der Waals surface area contributed by atoms with E-state index < -0.39 is 65.1 Å². The first-order chi connectivity index (χ1) is 21.5. The highest BCUT2D eigenvalue weighted by Gasteiger charge is 2.77. The van der Waals surface area contributed by atoms with Gasteiger partial charge in [0, 0.05) is 45.4 Å². The second-order valence-corrected chi connectivity index (χ2v) is 15.4. The molecule has 11 heteroatoms. The van der Waals surface area contributed by atoms with Crippen LogP contribution >= 0.6 is 0 Å². The molecular weight excluding hydrogens is 596 g/mol. The minimum atomic E-state index is -1.76. The van der Waals surface area contributed by atoms with Crippen molar-refractivity contribution in [1.82, 2.24) is 0 Å². The van der Waals surface area contributed by atoms with E-state index in [1.54, 1.807) is 0 Å². The SMILES string of the molecule is C=C1CC[C@@]2(OC1)O[C@H]1C[C@H]3[C@@H]4CC[C@]5(O)[C@@H](OC(C)=O)[C@@H](OC(C)=O)[C@@H](OC(C)=O)[C@@H](OC(C)=O)[C@]5(C)[C@H]4CC[C@]3(C)[C@H]1[C@@H]2C. The number of fused-ring (bicyclic) bond motifs is 7. The Labute approximate surface area is 271 Å². The topological polar surface area (TPSA) is 144 Å². The third-order valence-electron chi connectivity index (χ3n) is 13.2. The van der Waals surface area contributed by atoms with Crippen molar-refractivity contribution < 1.29 is 52.7 Å². The average Bonchev–Trinajstić information content (AvgIpc) is 3.40. The van der Waals surface area contributed by atoms with Gasteiger partial charge in [-0.2, -0.15) is 0 Å². The van der Waals surface area contributed by atoms with Crippen molar-refractivity contribution in [3.8, 4) is 0 Å². The van der Waals surface area contributed by atoms with Crippen molar-refractivity contribution in [1.29, 1.82) is 0 Å². The lowest BCUT2D eigenvalue weighted by Gasteiger charge is -2.67. The maximum atomic E-state index is 12.9. The van der Waals surface area contributed by atoms with Crippen LogP contribution in [0.1, 0.15) is 93.4 Å². The van der Waals surface area contributed by atoms with E-state index in [1.807, 2.05) is 6.92 Å². The standard InChI is InChI=1S/C35H50O11/c1-17-9-14-35(41-16-17)18(2)27-26(46-35)15-25-23-10-13-34(40)31(45-22(6)39)29(43-20(4)37)28(42-19(3)36)30(44-21(5)38)33(34,8)24(23)11-12-32(25,27)7/h18,23-31,40H,1,9-16H2,2-8H3/t18-,23+,24-,25-,26-,27-,28+,29-,30+,31-,32-,33-,34-,35+/m0/s1. The molecule has 6 aliphatic rings. The second kappa shape index (κ2) is 11.3. The summed E-state index contributed by atoms with van der Waals surface area (Å²) in [4.78, 5) is 50.1. The van der Waals surface area contributed by atoms with Crippen molar-refractivity contribution >= 4 is 23.9 Å². The summed E-state index contributed by atoms with van der Waals surface area (Å²) in [6.07, 6.45) is -0.254. The van der Waals surface area contributed by atoms with Crippen LogP contribution in [0.4, 0.5) is 0 Å². The third kappa shape index (κ3) is 4.77. The first-order valence-corrected chi connectivity index (χ1v) is 16.9. The van der Waals surface area contributed by atoms with Gasteiger partial charge in [0.1, 0.15) is 5.60 Å². The monoisotopic (exact) mass is 646 g/mol. The van der Waals surface area contributed by atoms with Gasteiger partial charge in [0.05, 0.1) is 12.7 Å². The quantitative estimate of drug-likeness (QED) is 0.269. The first kappa shape index (κ1) is 33.4. The molecule has 11 nitrogen and oxygen atoms in total. The molecule has 46 heavy (non-hydrogen) atoms. The predicted octanol–water partition coefficient (Wildman–Crippen LogP) is 4.02. The normalized spacial score (nSPS) is 49.2. The van der Waals surface area contributed by atoms with Crippen LogP contribution in [-0.4, -0.2) is 77.5 Å². The molecule has 1 spiro atoms. The second-order valence-electron chi connectivity index (χ2n) is 15.4. The number of carbonyl (C=O) groups excluding carboxylic acids is 4. The number of esters is 4.